The van der Waals surface area contributed by atoms with Gasteiger partial charge in [-0.3, -0.25) is 9.78 Å². The van der Waals surface area contributed by atoms with E-state index < -0.39 is 0 Å². The summed E-state index contributed by atoms with van der Waals surface area (Å²) in [4.78, 5) is 18.2. The minimum absolute atomic E-state index is 0.0838. The van der Waals surface area contributed by atoms with Gasteiger partial charge in [0.05, 0.1) is 5.56 Å². The summed E-state index contributed by atoms with van der Waals surface area (Å²) in [6.45, 7) is 2.51. The van der Waals surface area contributed by atoms with Gasteiger partial charge in [-0.05, 0) is 47.6 Å². The van der Waals surface area contributed by atoms with Crippen LogP contribution in [0.5, 0.6) is 0 Å². The number of hydrogen-bond donors (Lipinski definition) is 1. The van der Waals surface area contributed by atoms with Crippen molar-refractivity contribution in [1.29, 1.82) is 0 Å². The van der Waals surface area contributed by atoms with Crippen molar-refractivity contribution in [3.05, 3.63) is 64.4 Å². The number of nitrogens with zero attached hydrogens (tertiary/aromatic N) is 2. The van der Waals surface area contributed by atoms with Gasteiger partial charge in [0.2, 0.25) is 0 Å². The van der Waals surface area contributed by atoms with Gasteiger partial charge < -0.3 is 10.2 Å². The molecule has 0 saturated heterocycles. The van der Waals surface area contributed by atoms with Crippen LogP contribution in [-0.4, -0.2) is 35.9 Å². The zero-order chi connectivity index (χ0) is 15.8. The van der Waals surface area contributed by atoms with Gasteiger partial charge in [0.1, 0.15) is 0 Å². The first-order valence-corrected chi connectivity index (χ1v) is 8.05. The Balaban J connectivity index is 1.67. The monoisotopic (exact) mass is 361 g/mol. The first kappa shape index (κ1) is 16.6. The van der Waals surface area contributed by atoms with Crippen LogP contribution in [0.2, 0.25) is 0 Å². The van der Waals surface area contributed by atoms with Gasteiger partial charge in [-0.2, -0.15) is 0 Å². The third-order valence-corrected chi connectivity index (χ3v) is 3.70. The zero-order valence-electron chi connectivity index (χ0n) is 12.6. The van der Waals surface area contributed by atoms with E-state index in [0.717, 1.165) is 24.0 Å². The van der Waals surface area contributed by atoms with E-state index >= 15 is 0 Å². The number of carbonyl (C=O) groups excluding carboxylic acids is 1. The molecule has 1 N–H and O–H groups in total. The van der Waals surface area contributed by atoms with E-state index in [1.165, 1.54) is 5.56 Å². The molecule has 2 rings (SSSR count). The van der Waals surface area contributed by atoms with E-state index in [4.69, 9.17) is 0 Å². The third-order valence-electron chi connectivity index (χ3n) is 3.26. The molecule has 2 aromatic rings. The van der Waals surface area contributed by atoms with Gasteiger partial charge in [-0.15, -0.1) is 0 Å². The summed E-state index contributed by atoms with van der Waals surface area (Å²) in [5.41, 5.74) is 1.88. The molecule has 0 bridgehead atoms. The largest absolute Gasteiger partial charge is 0.352 e. The summed E-state index contributed by atoms with van der Waals surface area (Å²) in [5.74, 6) is -0.0838. The van der Waals surface area contributed by atoms with Crippen LogP contribution in [-0.2, 0) is 6.54 Å². The van der Waals surface area contributed by atoms with Crippen molar-refractivity contribution < 1.29 is 4.79 Å². The Morgan fingerprint density at radius 2 is 2.05 bits per heavy atom. The molecule has 1 amide bonds. The number of hydrogen-bond acceptors (Lipinski definition) is 3. The average molecular weight is 362 g/mol. The maximum atomic E-state index is 11.9. The second kappa shape index (κ2) is 8.66. The van der Waals surface area contributed by atoms with E-state index in [0.29, 0.717) is 12.1 Å². The van der Waals surface area contributed by atoms with Gasteiger partial charge in [0, 0.05) is 30.0 Å². The summed E-state index contributed by atoms with van der Waals surface area (Å²) in [7, 11) is 2.09. The van der Waals surface area contributed by atoms with Crippen molar-refractivity contribution in [3.63, 3.8) is 0 Å². The van der Waals surface area contributed by atoms with Crippen LogP contribution in [0.25, 0.3) is 0 Å². The Morgan fingerprint density at radius 3 is 2.77 bits per heavy atom. The molecular weight excluding hydrogens is 342 g/mol. The molecule has 0 aliphatic rings. The van der Waals surface area contributed by atoms with Crippen LogP contribution in [0.4, 0.5) is 0 Å². The summed E-state index contributed by atoms with van der Waals surface area (Å²) in [6.07, 6.45) is 4.15. The van der Waals surface area contributed by atoms with Gasteiger partial charge in [-0.25, -0.2) is 0 Å². The molecule has 0 fully saturated rings. The molecule has 0 unspecified atom stereocenters. The highest BCUT2D eigenvalue weighted by Crippen LogP contribution is 2.09. The summed E-state index contributed by atoms with van der Waals surface area (Å²) < 4.78 is 0.808. The van der Waals surface area contributed by atoms with E-state index in [-0.39, 0.29) is 5.91 Å². The molecule has 1 aromatic heterocycles. The zero-order valence-corrected chi connectivity index (χ0v) is 14.2. The Morgan fingerprint density at radius 1 is 1.27 bits per heavy atom. The number of nitrogens with one attached hydrogen (secondary N) is 1. The fraction of sp³-hybridized carbons (Fsp3) is 0.294. The van der Waals surface area contributed by atoms with Crippen LogP contribution in [0, 0.1) is 0 Å². The molecule has 0 radical (unpaired) electrons. The maximum absolute atomic E-state index is 11.9. The maximum Gasteiger partial charge on any atom is 0.252 e. The van der Waals surface area contributed by atoms with Gasteiger partial charge >= 0.3 is 0 Å². The molecule has 0 spiro atoms. The number of aromatic nitrogens is 1. The van der Waals surface area contributed by atoms with Gasteiger partial charge in [0.15, 0.2) is 0 Å². The first-order valence-electron chi connectivity index (χ1n) is 7.26. The molecule has 0 saturated carbocycles. The fourth-order valence-electron chi connectivity index (χ4n) is 2.16. The van der Waals surface area contributed by atoms with Crippen molar-refractivity contribution in [2.45, 2.75) is 13.0 Å². The van der Waals surface area contributed by atoms with E-state index in [2.05, 4.69) is 62.4 Å². The van der Waals surface area contributed by atoms with E-state index in [1.54, 1.807) is 18.5 Å². The quantitative estimate of drug-likeness (QED) is 0.770. The smallest absolute Gasteiger partial charge is 0.252 e. The molecule has 0 aliphatic heterocycles. The standard InChI is InChI=1S/C17H20BrN3O/c1-21(13-14-6-3-2-4-7-14)9-5-8-20-17(22)15-10-16(18)12-19-11-15/h2-4,6-7,10-12H,5,8-9,13H2,1H3,(H,20,22). The number of halogens is 1. The van der Waals surface area contributed by atoms with Crippen molar-refractivity contribution in [3.8, 4) is 0 Å². The lowest BCUT2D eigenvalue weighted by Gasteiger charge is -2.16. The average Bonchev–Trinajstić information content (AvgIpc) is 2.52. The van der Waals surface area contributed by atoms with Gasteiger partial charge in [-0.1, -0.05) is 30.3 Å². The van der Waals surface area contributed by atoms with E-state index in [1.807, 2.05) is 6.07 Å². The second-order valence-corrected chi connectivity index (χ2v) is 6.14. The summed E-state index contributed by atoms with van der Waals surface area (Å²) in [5, 5.41) is 2.92. The summed E-state index contributed by atoms with van der Waals surface area (Å²) >= 11 is 3.31. The molecule has 1 heterocycles. The van der Waals surface area contributed by atoms with Crippen molar-refractivity contribution in [2.75, 3.05) is 20.1 Å². The molecule has 1 aromatic carbocycles. The molecule has 5 heteroatoms. The minimum atomic E-state index is -0.0838. The van der Waals surface area contributed by atoms with E-state index in [9.17, 15) is 4.79 Å². The Bertz CT molecular complexity index is 604. The first-order chi connectivity index (χ1) is 10.6. The van der Waals surface area contributed by atoms with Crippen LogP contribution < -0.4 is 5.32 Å². The number of pyridine rings is 1. The fourth-order valence-corrected chi connectivity index (χ4v) is 2.53. The number of rotatable bonds is 7. The predicted molar refractivity (Wildman–Crippen MR) is 91.7 cm³/mol. The van der Waals surface area contributed by atoms with Crippen molar-refractivity contribution in [1.82, 2.24) is 15.2 Å². The lowest BCUT2D eigenvalue weighted by atomic mass is 10.2. The molecule has 4 nitrogen and oxygen atoms in total. The molecule has 0 atom stereocenters. The van der Waals surface area contributed by atoms with Crippen molar-refractivity contribution >= 4 is 21.8 Å². The normalized spacial score (nSPS) is 10.7. The van der Waals surface area contributed by atoms with Crippen LogP contribution in [0.1, 0.15) is 22.3 Å². The molecule has 22 heavy (non-hydrogen) atoms. The highest BCUT2D eigenvalue weighted by atomic mass is 79.9. The minimum Gasteiger partial charge on any atom is -0.352 e. The highest BCUT2D eigenvalue weighted by molar-refractivity contribution is 9.10. The number of benzene rings is 1. The van der Waals surface area contributed by atoms with Gasteiger partial charge in [0.25, 0.3) is 5.91 Å². The van der Waals surface area contributed by atoms with Crippen LogP contribution >= 0.6 is 15.9 Å². The predicted octanol–water partition coefficient (Wildman–Crippen LogP) is 3.10. The van der Waals surface area contributed by atoms with Crippen molar-refractivity contribution in [2.24, 2.45) is 0 Å². The Hall–Kier alpha value is -1.72. The molecular formula is C17H20BrN3O. The van der Waals surface area contributed by atoms with Crippen LogP contribution in [0.3, 0.4) is 0 Å². The molecule has 116 valence electrons. The third kappa shape index (κ3) is 5.58. The topological polar surface area (TPSA) is 45.2 Å². The highest BCUT2D eigenvalue weighted by Gasteiger charge is 2.06. The summed E-state index contributed by atoms with van der Waals surface area (Å²) in [6, 6.07) is 12.1. The second-order valence-electron chi connectivity index (χ2n) is 5.22. The SMILES string of the molecule is CN(CCCNC(=O)c1cncc(Br)c1)Cc1ccccc1. The number of amides is 1. The Labute approximate surface area is 139 Å². The lowest BCUT2D eigenvalue weighted by Crippen LogP contribution is -2.28. The Kier molecular flexibility index (Phi) is 6.55. The molecule has 0 aliphatic carbocycles. The number of carbonyl (C=O) groups is 1. The lowest BCUT2D eigenvalue weighted by molar-refractivity contribution is 0.0951. The van der Waals surface area contributed by atoms with Crippen LogP contribution in [0.15, 0.2) is 53.3 Å².